The molecule has 1 atom stereocenters. The van der Waals surface area contributed by atoms with Crippen LogP contribution in [0.2, 0.25) is 0 Å². The van der Waals surface area contributed by atoms with Gasteiger partial charge >= 0.3 is 6.03 Å². The lowest BCUT2D eigenvalue weighted by atomic mass is 10.2. The molecule has 25 heavy (non-hydrogen) atoms. The van der Waals surface area contributed by atoms with E-state index < -0.39 is 0 Å². The number of carbonyl (C=O) groups is 1. The maximum absolute atomic E-state index is 12.4. The molecule has 2 N–H and O–H groups in total. The van der Waals surface area contributed by atoms with E-state index in [1.54, 1.807) is 10.9 Å². The number of para-hydroxylation sites is 1. The highest BCUT2D eigenvalue weighted by atomic mass is 16.2. The van der Waals surface area contributed by atoms with Gasteiger partial charge in [-0.05, 0) is 25.6 Å². The molecule has 1 saturated heterocycles. The van der Waals surface area contributed by atoms with Crippen molar-refractivity contribution in [3.8, 4) is 11.8 Å². The fourth-order valence-electron chi connectivity index (χ4n) is 3.12. The lowest BCUT2D eigenvalue weighted by molar-refractivity contribution is 0.244. The minimum absolute atomic E-state index is 0.202. The van der Waals surface area contributed by atoms with Crippen molar-refractivity contribution in [3.05, 3.63) is 24.5 Å². The van der Waals surface area contributed by atoms with E-state index in [2.05, 4.69) is 38.4 Å². The van der Waals surface area contributed by atoms with Gasteiger partial charge in [0.15, 0.2) is 0 Å². The number of aromatic nitrogens is 2. The Bertz CT molecular complexity index is 814. The molecule has 3 rings (SSSR count). The van der Waals surface area contributed by atoms with Gasteiger partial charge in [-0.2, -0.15) is 0 Å². The van der Waals surface area contributed by atoms with Crippen LogP contribution in [0.4, 0.5) is 10.5 Å². The van der Waals surface area contributed by atoms with Crippen LogP contribution < -0.4 is 15.5 Å². The molecule has 0 spiro atoms. The molecular formula is C19H25N5O. The lowest BCUT2D eigenvalue weighted by Crippen LogP contribution is -2.29. The Kier molecular flexibility index (Phi) is 5.25. The molecule has 0 aliphatic carbocycles. The smallest absolute Gasteiger partial charge is 0.328 e. The summed E-state index contributed by atoms with van der Waals surface area (Å²) in [6.07, 6.45) is 2.70. The zero-order chi connectivity index (χ0) is 17.8. The molecule has 1 amide bonds. The highest BCUT2D eigenvalue weighted by Gasteiger charge is 2.23. The van der Waals surface area contributed by atoms with Crippen molar-refractivity contribution < 1.29 is 4.79 Å². The monoisotopic (exact) mass is 339 g/mol. The molecular weight excluding hydrogens is 314 g/mol. The predicted molar refractivity (Wildman–Crippen MR) is 101 cm³/mol. The average molecular weight is 339 g/mol. The van der Waals surface area contributed by atoms with Crippen molar-refractivity contribution in [3.63, 3.8) is 0 Å². The van der Waals surface area contributed by atoms with Gasteiger partial charge in [-0.15, -0.1) is 0 Å². The van der Waals surface area contributed by atoms with Crippen LogP contribution in [0.1, 0.15) is 20.3 Å². The maximum Gasteiger partial charge on any atom is 0.328 e. The predicted octanol–water partition coefficient (Wildman–Crippen LogP) is 2.05. The highest BCUT2D eigenvalue weighted by Crippen LogP contribution is 2.28. The summed E-state index contributed by atoms with van der Waals surface area (Å²) < 4.78 is 1.56. The molecule has 0 radical (unpaired) electrons. The third-order valence-electron chi connectivity index (χ3n) is 4.43. The van der Waals surface area contributed by atoms with Crippen LogP contribution in [-0.2, 0) is 0 Å². The van der Waals surface area contributed by atoms with Crippen molar-refractivity contribution in [1.82, 2.24) is 20.2 Å². The summed E-state index contributed by atoms with van der Waals surface area (Å²) in [4.78, 5) is 19.2. The molecule has 6 nitrogen and oxygen atoms in total. The minimum atomic E-state index is -0.202. The van der Waals surface area contributed by atoms with E-state index in [0.29, 0.717) is 18.5 Å². The summed E-state index contributed by atoms with van der Waals surface area (Å²) in [5.41, 5.74) is 2.77. The Labute approximate surface area is 148 Å². The molecule has 2 aromatic rings. The van der Waals surface area contributed by atoms with Crippen molar-refractivity contribution >= 4 is 22.8 Å². The third kappa shape index (κ3) is 3.77. The zero-order valence-electron chi connectivity index (χ0n) is 15.0. The van der Waals surface area contributed by atoms with Gasteiger partial charge in [0.25, 0.3) is 0 Å². The second kappa shape index (κ2) is 7.58. The lowest BCUT2D eigenvalue weighted by Gasteiger charge is -2.19. The van der Waals surface area contributed by atoms with Gasteiger partial charge < -0.3 is 15.5 Å². The summed E-state index contributed by atoms with van der Waals surface area (Å²) in [6.45, 7) is 6.34. The summed E-state index contributed by atoms with van der Waals surface area (Å²) in [5, 5.41) is 6.15. The first kappa shape index (κ1) is 17.3. The van der Waals surface area contributed by atoms with Crippen molar-refractivity contribution in [2.75, 3.05) is 31.6 Å². The number of fused-ring (bicyclic) bond motifs is 1. The number of nitrogens with zero attached hydrogens (tertiary/aromatic N) is 3. The second-order valence-corrected chi connectivity index (χ2v) is 6.61. The molecule has 0 saturated carbocycles. The normalized spacial score (nSPS) is 17.0. The first-order chi connectivity index (χ1) is 12.1. The Morgan fingerprint density at radius 1 is 1.44 bits per heavy atom. The minimum Gasteiger partial charge on any atom is -0.368 e. The average Bonchev–Trinajstić information content (AvgIpc) is 3.24. The zero-order valence-corrected chi connectivity index (χ0v) is 15.0. The number of hydrogen-bond donors (Lipinski definition) is 2. The van der Waals surface area contributed by atoms with Gasteiger partial charge in [-0.3, -0.25) is 4.57 Å². The first-order valence-electron chi connectivity index (χ1n) is 8.75. The number of carbonyl (C=O) groups excluding carboxylic acids is 1. The van der Waals surface area contributed by atoms with Gasteiger partial charge in [0.2, 0.25) is 0 Å². The number of imidazole rings is 1. The van der Waals surface area contributed by atoms with Crippen molar-refractivity contribution in [2.24, 2.45) is 5.92 Å². The number of benzene rings is 1. The van der Waals surface area contributed by atoms with E-state index in [-0.39, 0.29) is 6.03 Å². The number of likely N-dealkylation sites (N-methyl/N-ethyl adjacent to an activating group) is 1. The van der Waals surface area contributed by atoms with Gasteiger partial charge in [-0.25, -0.2) is 9.78 Å². The molecule has 1 fully saturated rings. The molecule has 1 aromatic carbocycles. The number of nitrogens with one attached hydrogen (secondary N) is 2. The van der Waals surface area contributed by atoms with Crippen LogP contribution in [0.5, 0.6) is 0 Å². The van der Waals surface area contributed by atoms with E-state index in [4.69, 9.17) is 0 Å². The van der Waals surface area contributed by atoms with E-state index in [9.17, 15) is 4.79 Å². The number of amides is 1. The fourth-order valence-corrected chi connectivity index (χ4v) is 3.12. The van der Waals surface area contributed by atoms with Crippen LogP contribution in [0, 0.1) is 17.8 Å². The van der Waals surface area contributed by atoms with Gasteiger partial charge in [-0.1, -0.05) is 31.8 Å². The van der Waals surface area contributed by atoms with Crippen LogP contribution in [0.15, 0.2) is 24.5 Å². The molecule has 1 aromatic heterocycles. The SMILES string of the molecule is CNC1CCN(c2cccc3c2ncn3C(=O)NCC#CC(C)C)C1. The highest BCUT2D eigenvalue weighted by molar-refractivity contribution is 5.95. The second-order valence-electron chi connectivity index (χ2n) is 6.61. The molecule has 1 unspecified atom stereocenters. The Balaban J connectivity index is 1.79. The summed E-state index contributed by atoms with van der Waals surface area (Å²) >= 11 is 0. The van der Waals surface area contributed by atoms with E-state index in [1.807, 2.05) is 33.0 Å². The molecule has 2 heterocycles. The first-order valence-corrected chi connectivity index (χ1v) is 8.75. The van der Waals surface area contributed by atoms with Crippen LogP contribution in [-0.4, -0.2) is 48.3 Å². The van der Waals surface area contributed by atoms with Crippen LogP contribution in [0.3, 0.4) is 0 Å². The van der Waals surface area contributed by atoms with E-state index in [1.165, 1.54) is 0 Å². The Hall–Kier alpha value is -2.52. The standard InChI is InChI=1S/C19H25N5O/c1-14(2)6-5-10-21-19(25)24-13-22-18-16(7-4-8-17(18)24)23-11-9-15(12-23)20-3/h4,7-8,13-15,20H,9-12H2,1-3H3,(H,21,25). The number of rotatable bonds is 3. The molecule has 132 valence electrons. The number of hydrogen-bond acceptors (Lipinski definition) is 4. The van der Waals surface area contributed by atoms with Crippen molar-refractivity contribution in [1.29, 1.82) is 0 Å². The van der Waals surface area contributed by atoms with Gasteiger partial charge in [0.05, 0.1) is 17.7 Å². The topological polar surface area (TPSA) is 62.2 Å². The quantitative estimate of drug-likeness (QED) is 0.840. The largest absolute Gasteiger partial charge is 0.368 e. The summed E-state index contributed by atoms with van der Waals surface area (Å²) in [6, 6.07) is 6.28. The fraction of sp³-hybridized carbons (Fsp3) is 0.474. The van der Waals surface area contributed by atoms with Crippen molar-refractivity contribution in [2.45, 2.75) is 26.3 Å². The molecule has 1 aliphatic rings. The van der Waals surface area contributed by atoms with Crippen LogP contribution in [0.25, 0.3) is 11.0 Å². The molecule has 0 bridgehead atoms. The number of anilines is 1. The van der Waals surface area contributed by atoms with Gasteiger partial charge in [0.1, 0.15) is 11.8 Å². The molecule has 1 aliphatic heterocycles. The summed E-state index contributed by atoms with van der Waals surface area (Å²) in [5.74, 6) is 6.30. The summed E-state index contributed by atoms with van der Waals surface area (Å²) in [7, 11) is 2.00. The van der Waals surface area contributed by atoms with Gasteiger partial charge in [0, 0.05) is 25.0 Å². The molecule has 6 heteroatoms. The van der Waals surface area contributed by atoms with Crippen LogP contribution >= 0.6 is 0 Å². The maximum atomic E-state index is 12.4. The Morgan fingerprint density at radius 3 is 3.00 bits per heavy atom. The van der Waals surface area contributed by atoms with E-state index >= 15 is 0 Å². The van der Waals surface area contributed by atoms with E-state index in [0.717, 1.165) is 36.2 Å². The Morgan fingerprint density at radius 2 is 2.28 bits per heavy atom. The third-order valence-corrected chi connectivity index (χ3v) is 4.43.